The van der Waals surface area contributed by atoms with Crippen LogP contribution in [0.3, 0.4) is 0 Å². The Bertz CT molecular complexity index is 2580. The molecule has 4 saturated heterocycles. The highest BCUT2D eigenvalue weighted by atomic mass is 16.5. The van der Waals surface area contributed by atoms with Crippen LogP contribution < -0.4 is 30.5 Å². The molecule has 0 radical (unpaired) electrons. The van der Waals surface area contributed by atoms with Crippen LogP contribution in [0.2, 0.25) is 0 Å². The summed E-state index contributed by atoms with van der Waals surface area (Å²) in [4.78, 5) is 72.9. The van der Waals surface area contributed by atoms with Gasteiger partial charge in [-0.1, -0.05) is 12.1 Å². The highest BCUT2D eigenvalue weighted by Gasteiger charge is 2.47. The molecule has 2 aromatic heterocycles. The van der Waals surface area contributed by atoms with E-state index in [1.165, 1.54) is 5.69 Å². The number of nitrogens with zero attached hydrogens (tertiary/aromatic N) is 7. The van der Waals surface area contributed by atoms with Gasteiger partial charge in [-0.2, -0.15) is 0 Å². The first-order valence-electron chi connectivity index (χ1n) is 20.3. The fraction of sp³-hybridized carbons (Fsp3) is 0.341. The van der Waals surface area contributed by atoms with Crippen LogP contribution in [0.5, 0.6) is 5.88 Å². The van der Waals surface area contributed by atoms with Crippen molar-refractivity contribution < 1.29 is 23.9 Å². The van der Waals surface area contributed by atoms with Crippen LogP contribution in [-0.2, 0) is 9.59 Å². The number of piperidine rings is 1. The molecule has 6 aliphatic rings. The Hall–Kier alpha value is -6.61. The van der Waals surface area contributed by atoms with Gasteiger partial charge in [0.25, 0.3) is 11.8 Å². The Balaban J connectivity index is 0.689. The molecule has 4 fully saturated rings. The first-order chi connectivity index (χ1) is 28.7. The van der Waals surface area contributed by atoms with Gasteiger partial charge in [0.15, 0.2) is 0 Å². The minimum absolute atomic E-state index is 0.0994. The van der Waals surface area contributed by atoms with Gasteiger partial charge in [0.1, 0.15) is 18.3 Å². The average Bonchev–Trinajstić information content (AvgIpc) is 3.88. The zero-order valence-corrected chi connectivity index (χ0v) is 32.5. The van der Waals surface area contributed by atoms with Crippen molar-refractivity contribution >= 4 is 63.2 Å². The van der Waals surface area contributed by atoms with Crippen LogP contribution in [0, 0.1) is 18.8 Å². The molecule has 298 valence electrons. The van der Waals surface area contributed by atoms with Gasteiger partial charge in [0.2, 0.25) is 23.6 Å². The number of carbonyl (C=O) groups is 4. The summed E-state index contributed by atoms with van der Waals surface area (Å²) in [6, 6.07) is 19.6. The molecule has 3 unspecified atom stereocenters. The summed E-state index contributed by atoms with van der Waals surface area (Å²) in [5, 5.41) is 10.0. The van der Waals surface area contributed by atoms with Crippen LogP contribution in [0.25, 0.3) is 22.0 Å². The maximum absolute atomic E-state index is 13.3. The Labute approximate surface area is 339 Å². The molecule has 15 heteroatoms. The molecule has 0 bridgehead atoms. The van der Waals surface area contributed by atoms with E-state index < -0.39 is 23.8 Å². The first kappa shape index (κ1) is 35.5. The van der Waals surface area contributed by atoms with Crippen molar-refractivity contribution in [3.63, 3.8) is 0 Å². The zero-order chi connectivity index (χ0) is 39.9. The lowest BCUT2D eigenvalue weighted by molar-refractivity contribution is -0.136. The summed E-state index contributed by atoms with van der Waals surface area (Å²) in [7, 11) is 0. The normalized spacial score (nSPS) is 22.8. The molecule has 11 rings (SSSR count). The van der Waals surface area contributed by atoms with Gasteiger partial charge < -0.3 is 25.2 Å². The minimum Gasteiger partial charge on any atom is -0.474 e. The van der Waals surface area contributed by atoms with Crippen molar-refractivity contribution in [2.75, 3.05) is 72.9 Å². The van der Waals surface area contributed by atoms with Crippen molar-refractivity contribution in [2.24, 2.45) is 11.8 Å². The number of likely N-dealkylation sites (tertiary alicyclic amines) is 1. The molecule has 6 aliphatic heterocycles. The minimum atomic E-state index is -0.964. The number of amides is 4. The molecule has 3 N–H and O–H groups in total. The van der Waals surface area contributed by atoms with E-state index in [2.05, 4.69) is 83.9 Å². The van der Waals surface area contributed by atoms with Crippen LogP contribution in [0.4, 0.5) is 28.7 Å². The number of aromatic nitrogens is 3. The SMILES string of the molecule is Cc1c(-c2ccc3cnc(Nc4ccc(N5CC6CN(C7CN(c8ccc9c(c8)C(=O)N(C8CCC(=O)NC8=O)C9=O)C7)CC6C5)cc4)nc3c2)cnc2c1NCCO2. The highest BCUT2D eigenvalue weighted by Crippen LogP contribution is 2.39. The lowest BCUT2D eigenvalue weighted by Gasteiger charge is -2.46. The maximum Gasteiger partial charge on any atom is 0.262 e. The van der Waals surface area contributed by atoms with Gasteiger partial charge in [-0.3, -0.25) is 34.3 Å². The summed E-state index contributed by atoms with van der Waals surface area (Å²) >= 11 is 0. The zero-order valence-electron chi connectivity index (χ0n) is 32.5. The number of carbonyl (C=O) groups excluding carboxylic acids is 4. The third-order valence-corrected chi connectivity index (χ3v) is 13.0. The summed E-state index contributed by atoms with van der Waals surface area (Å²) < 4.78 is 5.72. The van der Waals surface area contributed by atoms with Gasteiger partial charge in [-0.25, -0.2) is 15.0 Å². The number of pyridine rings is 1. The number of imide groups is 2. The lowest BCUT2D eigenvalue weighted by Crippen LogP contribution is -2.59. The Morgan fingerprint density at radius 1 is 0.780 bits per heavy atom. The molecule has 0 saturated carbocycles. The van der Waals surface area contributed by atoms with Crippen molar-refractivity contribution in [1.82, 2.24) is 30.1 Å². The van der Waals surface area contributed by atoms with Gasteiger partial charge in [-0.05, 0) is 84.8 Å². The molecular weight excluding hydrogens is 749 g/mol. The molecule has 5 aromatic rings. The van der Waals surface area contributed by atoms with Crippen molar-refractivity contribution in [3.8, 4) is 17.0 Å². The van der Waals surface area contributed by atoms with Gasteiger partial charge in [-0.15, -0.1) is 0 Å². The smallest absolute Gasteiger partial charge is 0.262 e. The van der Waals surface area contributed by atoms with Crippen LogP contribution in [-0.4, -0.2) is 113 Å². The Morgan fingerprint density at radius 2 is 1.54 bits per heavy atom. The number of anilines is 5. The number of rotatable bonds is 7. The van der Waals surface area contributed by atoms with Crippen molar-refractivity contribution in [2.45, 2.75) is 31.8 Å². The summed E-state index contributed by atoms with van der Waals surface area (Å²) in [5.41, 5.74) is 8.64. The second kappa shape index (κ2) is 13.8. The summed E-state index contributed by atoms with van der Waals surface area (Å²) in [6.07, 6.45) is 3.96. The van der Waals surface area contributed by atoms with E-state index in [0.29, 0.717) is 47.4 Å². The van der Waals surface area contributed by atoms with Crippen LogP contribution in [0.15, 0.2) is 73.1 Å². The number of fused-ring (bicyclic) bond motifs is 4. The molecule has 15 nitrogen and oxygen atoms in total. The van der Waals surface area contributed by atoms with Gasteiger partial charge >= 0.3 is 0 Å². The number of hydrogen-bond donors (Lipinski definition) is 3. The quantitative estimate of drug-likeness (QED) is 0.201. The molecule has 3 aromatic carbocycles. The fourth-order valence-electron chi connectivity index (χ4n) is 9.74. The second-order valence-electron chi connectivity index (χ2n) is 16.5. The molecule has 0 aliphatic carbocycles. The van der Waals surface area contributed by atoms with Gasteiger partial charge in [0.05, 0.1) is 16.6 Å². The molecule has 59 heavy (non-hydrogen) atoms. The van der Waals surface area contributed by atoms with E-state index in [9.17, 15) is 19.2 Å². The number of hydrogen-bond acceptors (Lipinski definition) is 13. The Kier molecular flexibility index (Phi) is 8.29. The maximum atomic E-state index is 13.3. The molecule has 3 atom stereocenters. The van der Waals surface area contributed by atoms with Crippen molar-refractivity contribution in [3.05, 3.63) is 89.7 Å². The van der Waals surface area contributed by atoms with Crippen LogP contribution in [0.1, 0.15) is 39.1 Å². The van der Waals surface area contributed by atoms with E-state index in [0.717, 1.165) is 95.4 Å². The van der Waals surface area contributed by atoms with E-state index in [-0.39, 0.29) is 18.7 Å². The molecule has 4 amide bonds. The van der Waals surface area contributed by atoms with Crippen LogP contribution >= 0.6 is 0 Å². The first-order valence-corrected chi connectivity index (χ1v) is 20.3. The third-order valence-electron chi connectivity index (χ3n) is 13.0. The largest absolute Gasteiger partial charge is 0.474 e. The molecular formula is C44H42N10O5. The van der Waals surface area contributed by atoms with E-state index in [4.69, 9.17) is 9.72 Å². The summed E-state index contributed by atoms with van der Waals surface area (Å²) in [6.45, 7) is 9.34. The lowest BCUT2D eigenvalue weighted by atomic mass is 10.00. The Morgan fingerprint density at radius 3 is 2.34 bits per heavy atom. The predicted molar refractivity (Wildman–Crippen MR) is 221 cm³/mol. The fourth-order valence-corrected chi connectivity index (χ4v) is 9.74. The van der Waals surface area contributed by atoms with E-state index >= 15 is 0 Å². The topological polar surface area (TPSA) is 165 Å². The average molecular weight is 791 g/mol. The standard InChI is InChI=1S/C44H42N10O5/c1-24-35(17-46-41-39(24)45-12-13-59-41)25-2-3-26-16-47-44(49-36(26)14-25)48-29-4-6-30(7-5-29)51-18-27-20-52(21-28(27)19-51)32-22-53(23-32)31-8-9-33-34(15-31)43(58)54(42(33)57)37-10-11-38(55)50-40(37)56/h2-9,14-17,27-28,32,37,45H,10-13,18-23H2,1H3,(H,47,48,49)(H,50,55,56). The van der Waals surface area contributed by atoms with E-state index in [1.54, 1.807) is 12.1 Å². The second-order valence-corrected chi connectivity index (χ2v) is 16.5. The number of ether oxygens (including phenoxy) is 1. The predicted octanol–water partition coefficient (Wildman–Crippen LogP) is 4.21. The van der Waals surface area contributed by atoms with Crippen molar-refractivity contribution in [1.29, 1.82) is 0 Å². The van der Waals surface area contributed by atoms with Gasteiger partial charge in [0, 0.05) is 98.7 Å². The summed E-state index contributed by atoms with van der Waals surface area (Å²) in [5.74, 6) is 0.458. The number of nitrogens with one attached hydrogen (secondary N) is 3. The highest BCUT2D eigenvalue weighted by molar-refractivity contribution is 6.23. The molecule has 8 heterocycles. The monoisotopic (exact) mass is 790 g/mol. The number of benzene rings is 3. The molecule has 0 spiro atoms. The third kappa shape index (κ3) is 6.10. The van der Waals surface area contributed by atoms with E-state index in [1.807, 2.05) is 24.5 Å².